The SMILES string of the molecule is Cc1nn(-c2ccc(Br)cc2)c(C)c1C(=O)NCCN1CC(C)OC(C)C1. The van der Waals surface area contributed by atoms with Gasteiger partial charge in [0.1, 0.15) is 0 Å². The number of nitrogens with zero attached hydrogens (tertiary/aromatic N) is 3. The molecule has 1 saturated heterocycles. The molecule has 146 valence electrons. The highest BCUT2D eigenvalue weighted by atomic mass is 79.9. The van der Waals surface area contributed by atoms with Crippen molar-refractivity contribution in [3.8, 4) is 5.69 Å². The van der Waals surface area contributed by atoms with Gasteiger partial charge in [0.25, 0.3) is 5.91 Å². The standard InChI is InChI=1S/C20H27BrN4O2/c1-13-11-24(12-14(2)27-13)10-9-22-20(26)19-15(3)23-25(16(19)4)18-7-5-17(21)6-8-18/h5-8,13-14H,9-12H2,1-4H3,(H,22,26). The van der Waals surface area contributed by atoms with Crippen molar-refractivity contribution >= 4 is 21.8 Å². The molecule has 3 rings (SSSR count). The summed E-state index contributed by atoms with van der Waals surface area (Å²) in [4.78, 5) is 15.1. The highest BCUT2D eigenvalue weighted by Crippen LogP contribution is 2.20. The number of hydrogen-bond donors (Lipinski definition) is 1. The van der Waals surface area contributed by atoms with Gasteiger partial charge in [-0.25, -0.2) is 4.68 Å². The molecule has 27 heavy (non-hydrogen) atoms. The highest BCUT2D eigenvalue weighted by Gasteiger charge is 2.23. The maximum absolute atomic E-state index is 12.7. The fraction of sp³-hybridized carbons (Fsp3) is 0.500. The monoisotopic (exact) mass is 434 g/mol. The summed E-state index contributed by atoms with van der Waals surface area (Å²) in [5.74, 6) is -0.0669. The fourth-order valence-corrected chi connectivity index (χ4v) is 3.95. The molecule has 2 aromatic rings. The van der Waals surface area contributed by atoms with E-state index in [-0.39, 0.29) is 18.1 Å². The van der Waals surface area contributed by atoms with E-state index in [9.17, 15) is 4.79 Å². The molecule has 0 radical (unpaired) electrons. The first-order chi connectivity index (χ1) is 12.8. The van der Waals surface area contributed by atoms with Gasteiger partial charge in [0.15, 0.2) is 0 Å². The zero-order chi connectivity index (χ0) is 19.6. The van der Waals surface area contributed by atoms with Gasteiger partial charge in [-0.1, -0.05) is 15.9 Å². The van der Waals surface area contributed by atoms with Gasteiger partial charge in [-0.05, 0) is 52.0 Å². The Morgan fingerprint density at radius 2 is 1.85 bits per heavy atom. The average molecular weight is 435 g/mol. The first kappa shape index (κ1) is 20.0. The van der Waals surface area contributed by atoms with Crippen LogP contribution in [0.2, 0.25) is 0 Å². The quantitative estimate of drug-likeness (QED) is 0.785. The van der Waals surface area contributed by atoms with Gasteiger partial charge in [-0.15, -0.1) is 0 Å². The molecule has 1 amide bonds. The Hall–Kier alpha value is -1.70. The number of carbonyl (C=O) groups excluding carboxylic acids is 1. The lowest BCUT2D eigenvalue weighted by Gasteiger charge is -2.35. The van der Waals surface area contributed by atoms with Gasteiger partial charge in [-0.3, -0.25) is 9.69 Å². The Bertz CT molecular complexity index is 793. The number of ether oxygens (including phenoxy) is 1. The first-order valence-corrected chi connectivity index (χ1v) is 10.1. The first-order valence-electron chi connectivity index (χ1n) is 9.33. The third-order valence-corrected chi connectivity index (χ3v) is 5.33. The van der Waals surface area contributed by atoms with Crippen LogP contribution in [0.5, 0.6) is 0 Å². The van der Waals surface area contributed by atoms with E-state index < -0.39 is 0 Å². The lowest BCUT2D eigenvalue weighted by atomic mass is 10.2. The average Bonchev–Trinajstić information content (AvgIpc) is 2.89. The second-order valence-corrected chi connectivity index (χ2v) is 8.12. The maximum atomic E-state index is 12.7. The van der Waals surface area contributed by atoms with E-state index in [0.717, 1.165) is 41.2 Å². The van der Waals surface area contributed by atoms with Crippen LogP contribution in [0.15, 0.2) is 28.7 Å². The molecule has 1 fully saturated rings. The summed E-state index contributed by atoms with van der Waals surface area (Å²) in [6.07, 6.45) is 0.469. The predicted octanol–water partition coefficient (Wildman–Crippen LogP) is 3.09. The van der Waals surface area contributed by atoms with Crippen molar-refractivity contribution < 1.29 is 9.53 Å². The molecule has 0 saturated carbocycles. The molecule has 2 heterocycles. The summed E-state index contributed by atoms with van der Waals surface area (Å²) < 4.78 is 8.59. The van der Waals surface area contributed by atoms with Crippen LogP contribution in [0.4, 0.5) is 0 Å². The van der Waals surface area contributed by atoms with E-state index in [1.54, 1.807) is 0 Å². The predicted molar refractivity (Wildman–Crippen MR) is 110 cm³/mol. The summed E-state index contributed by atoms with van der Waals surface area (Å²) in [7, 11) is 0. The van der Waals surface area contributed by atoms with Crippen LogP contribution in [-0.4, -0.2) is 59.0 Å². The van der Waals surface area contributed by atoms with Crippen molar-refractivity contribution in [3.63, 3.8) is 0 Å². The van der Waals surface area contributed by atoms with E-state index in [1.807, 2.05) is 42.8 Å². The second kappa shape index (κ2) is 8.54. The molecule has 6 nitrogen and oxygen atoms in total. The number of benzene rings is 1. The number of morpholine rings is 1. The molecule has 0 bridgehead atoms. The zero-order valence-electron chi connectivity index (χ0n) is 16.3. The number of aryl methyl sites for hydroxylation is 1. The number of carbonyl (C=O) groups is 1. The third-order valence-electron chi connectivity index (χ3n) is 4.80. The molecule has 2 atom stereocenters. The molecular weight excluding hydrogens is 408 g/mol. The normalized spacial score (nSPS) is 20.6. The topological polar surface area (TPSA) is 59.4 Å². The van der Waals surface area contributed by atoms with E-state index in [4.69, 9.17) is 4.74 Å². The Balaban J connectivity index is 1.64. The van der Waals surface area contributed by atoms with E-state index >= 15 is 0 Å². The van der Waals surface area contributed by atoms with Crippen molar-refractivity contribution in [3.05, 3.63) is 45.7 Å². The molecule has 1 aromatic carbocycles. The van der Waals surface area contributed by atoms with Crippen LogP contribution < -0.4 is 5.32 Å². The molecule has 1 aliphatic heterocycles. The van der Waals surface area contributed by atoms with Crippen LogP contribution in [-0.2, 0) is 4.74 Å². The fourth-order valence-electron chi connectivity index (χ4n) is 3.69. The molecular formula is C20H27BrN4O2. The summed E-state index contributed by atoms with van der Waals surface area (Å²) in [6, 6.07) is 7.89. The van der Waals surface area contributed by atoms with Gasteiger partial charge >= 0.3 is 0 Å². The Morgan fingerprint density at radius 1 is 1.22 bits per heavy atom. The van der Waals surface area contributed by atoms with E-state index in [2.05, 4.69) is 45.1 Å². The maximum Gasteiger partial charge on any atom is 0.255 e. The number of aromatic nitrogens is 2. The lowest BCUT2D eigenvalue weighted by Crippen LogP contribution is -2.47. The van der Waals surface area contributed by atoms with E-state index in [1.165, 1.54) is 0 Å². The zero-order valence-corrected chi connectivity index (χ0v) is 17.9. The van der Waals surface area contributed by atoms with Crippen LogP contribution >= 0.6 is 15.9 Å². The van der Waals surface area contributed by atoms with Gasteiger partial charge in [0.05, 0.1) is 34.8 Å². The van der Waals surface area contributed by atoms with Crippen molar-refractivity contribution in [2.75, 3.05) is 26.2 Å². The minimum absolute atomic E-state index is 0.0669. The Labute approximate surface area is 169 Å². The van der Waals surface area contributed by atoms with Crippen molar-refractivity contribution in [1.29, 1.82) is 0 Å². The minimum Gasteiger partial charge on any atom is -0.373 e. The summed E-state index contributed by atoms with van der Waals surface area (Å²) in [5, 5.41) is 7.61. The van der Waals surface area contributed by atoms with Crippen molar-refractivity contribution in [2.24, 2.45) is 0 Å². The highest BCUT2D eigenvalue weighted by molar-refractivity contribution is 9.10. The summed E-state index contributed by atoms with van der Waals surface area (Å²) >= 11 is 3.44. The summed E-state index contributed by atoms with van der Waals surface area (Å²) in [6.45, 7) is 11.2. The lowest BCUT2D eigenvalue weighted by molar-refractivity contribution is -0.0672. The molecule has 1 N–H and O–H groups in total. The summed E-state index contributed by atoms with van der Waals surface area (Å²) in [5.41, 5.74) is 3.18. The number of amides is 1. The molecule has 0 spiro atoms. The van der Waals surface area contributed by atoms with Crippen LogP contribution in [0.3, 0.4) is 0 Å². The molecule has 1 aliphatic rings. The van der Waals surface area contributed by atoms with Crippen molar-refractivity contribution in [1.82, 2.24) is 20.0 Å². The van der Waals surface area contributed by atoms with Gasteiger partial charge in [0, 0.05) is 30.7 Å². The van der Waals surface area contributed by atoms with Gasteiger partial charge in [-0.2, -0.15) is 5.10 Å². The van der Waals surface area contributed by atoms with E-state index in [0.29, 0.717) is 12.1 Å². The largest absolute Gasteiger partial charge is 0.373 e. The number of nitrogens with one attached hydrogen (secondary N) is 1. The van der Waals surface area contributed by atoms with Crippen LogP contribution in [0.1, 0.15) is 35.6 Å². The minimum atomic E-state index is -0.0669. The van der Waals surface area contributed by atoms with Gasteiger partial charge < -0.3 is 10.1 Å². The molecule has 0 aliphatic carbocycles. The third kappa shape index (κ3) is 4.78. The molecule has 1 aromatic heterocycles. The Morgan fingerprint density at radius 3 is 2.48 bits per heavy atom. The van der Waals surface area contributed by atoms with Gasteiger partial charge in [0.2, 0.25) is 0 Å². The number of hydrogen-bond acceptors (Lipinski definition) is 4. The van der Waals surface area contributed by atoms with Crippen LogP contribution in [0, 0.1) is 13.8 Å². The van der Waals surface area contributed by atoms with Crippen molar-refractivity contribution in [2.45, 2.75) is 39.9 Å². The second-order valence-electron chi connectivity index (χ2n) is 7.21. The molecule has 2 unspecified atom stereocenters. The Kier molecular flexibility index (Phi) is 6.34. The number of halogens is 1. The smallest absolute Gasteiger partial charge is 0.255 e. The molecule has 7 heteroatoms. The number of rotatable bonds is 5. The van der Waals surface area contributed by atoms with Crippen LogP contribution in [0.25, 0.3) is 5.69 Å².